The molecule has 1 aromatic carbocycles. The maximum absolute atomic E-state index is 12.6. The van der Waals surface area contributed by atoms with E-state index in [2.05, 4.69) is 20.5 Å². The van der Waals surface area contributed by atoms with E-state index in [0.29, 0.717) is 5.82 Å². The van der Waals surface area contributed by atoms with Gasteiger partial charge in [-0.05, 0) is 57.8 Å². The molecule has 1 aliphatic rings. The fourth-order valence-corrected chi connectivity index (χ4v) is 3.19. The minimum Gasteiger partial charge on any atom is -0.339 e. The average molecular weight is 327 g/mol. The summed E-state index contributed by atoms with van der Waals surface area (Å²) < 4.78 is 0. The molecule has 128 valence electrons. The van der Waals surface area contributed by atoms with E-state index in [-0.39, 0.29) is 5.91 Å². The average Bonchev–Trinajstić information content (AvgIpc) is 3.06. The Morgan fingerprint density at radius 3 is 2.58 bits per heavy atom. The number of carbonyl (C=O) groups is 1. The Morgan fingerprint density at radius 1 is 1.29 bits per heavy atom. The SMILES string of the molecule is CNCCC1CCN(C(=O)c2ccc(-c3n[nH]c(C)n3)cc2)CC1. The van der Waals surface area contributed by atoms with Gasteiger partial charge in [-0.15, -0.1) is 0 Å². The van der Waals surface area contributed by atoms with Crippen LogP contribution in [0.2, 0.25) is 0 Å². The number of hydrogen-bond acceptors (Lipinski definition) is 4. The molecule has 1 aliphatic heterocycles. The fourth-order valence-electron chi connectivity index (χ4n) is 3.19. The van der Waals surface area contributed by atoms with E-state index in [0.717, 1.165) is 55.3 Å². The van der Waals surface area contributed by atoms with E-state index in [1.807, 2.05) is 43.1 Å². The van der Waals surface area contributed by atoms with Crippen LogP contribution in [-0.4, -0.2) is 52.7 Å². The lowest BCUT2D eigenvalue weighted by Crippen LogP contribution is -2.38. The van der Waals surface area contributed by atoms with Gasteiger partial charge < -0.3 is 10.2 Å². The van der Waals surface area contributed by atoms with E-state index in [1.165, 1.54) is 6.42 Å². The molecule has 0 bridgehead atoms. The van der Waals surface area contributed by atoms with Gasteiger partial charge in [0.2, 0.25) is 0 Å². The Balaban J connectivity index is 1.59. The Kier molecular flexibility index (Phi) is 5.25. The first-order valence-corrected chi connectivity index (χ1v) is 8.60. The number of H-pyrrole nitrogens is 1. The van der Waals surface area contributed by atoms with Crippen LogP contribution in [0.3, 0.4) is 0 Å². The van der Waals surface area contributed by atoms with Crippen molar-refractivity contribution in [1.82, 2.24) is 25.4 Å². The highest BCUT2D eigenvalue weighted by molar-refractivity contribution is 5.94. The van der Waals surface area contributed by atoms with E-state index < -0.39 is 0 Å². The summed E-state index contributed by atoms with van der Waals surface area (Å²) in [7, 11) is 1.99. The molecule has 0 spiro atoms. The molecule has 1 fully saturated rings. The number of rotatable bonds is 5. The first-order chi connectivity index (χ1) is 11.7. The fraction of sp³-hybridized carbons (Fsp3) is 0.500. The molecule has 0 atom stereocenters. The van der Waals surface area contributed by atoms with Crippen LogP contribution in [0.15, 0.2) is 24.3 Å². The molecule has 24 heavy (non-hydrogen) atoms. The quantitative estimate of drug-likeness (QED) is 0.883. The summed E-state index contributed by atoms with van der Waals surface area (Å²) in [6.45, 7) is 4.64. The van der Waals surface area contributed by atoms with Gasteiger partial charge >= 0.3 is 0 Å². The number of amides is 1. The van der Waals surface area contributed by atoms with Gasteiger partial charge in [-0.1, -0.05) is 12.1 Å². The van der Waals surface area contributed by atoms with Gasteiger partial charge in [-0.25, -0.2) is 4.98 Å². The van der Waals surface area contributed by atoms with Crippen LogP contribution in [0.1, 0.15) is 35.4 Å². The number of aromatic nitrogens is 3. The zero-order valence-electron chi connectivity index (χ0n) is 14.4. The summed E-state index contributed by atoms with van der Waals surface area (Å²) in [6, 6.07) is 7.57. The number of hydrogen-bond donors (Lipinski definition) is 2. The molecule has 6 nitrogen and oxygen atoms in total. The van der Waals surface area contributed by atoms with Crippen molar-refractivity contribution >= 4 is 5.91 Å². The predicted octanol–water partition coefficient (Wildman–Crippen LogP) is 2.24. The molecule has 2 heterocycles. The Bertz CT molecular complexity index is 671. The van der Waals surface area contributed by atoms with E-state index in [9.17, 15) is 4.79 Å². The maximum atomic E-state index is 12.6. The molecule has 1 amide bonds. The highest BCUT2D eigenvalue weighted by Crippen LogP contribution is 2.22. The number of aromatic amines is 1. The summed E-state index contributed by atoms with van der Waals surface area (Å²) in [4.78, 5) is 18.9. The van der Waals surface area contributed by atoms with Crippen molar-refractivity contribution in [1.29, 1.82) is 0 Å². The Labute approximate surface area is 142 Å². The lowest BCUT2D eigenvalue weighted by Gasteiger charge is -2.32. The molecule has 0 aliphatic carbocycles. The molecule has 1 aromatic heterocycles. The minimum absolute atomic E-state index is 0.125. The standard InChI is InChI=1S/C18H25N5O/c1-13-20-17(22-21-13)15-3-5-16(6-4-15)18(24)23-11-8-14(9-12-23)7-10-19-2/h3-6,14,19H,7-12H2,1-2H3,(H,20,21,22). The van der Waals surface area contributed by atoms with Crippen LogP contribution in [0.5, 0.6) is 0 Å². The number of nitrogens with one attached hydrogen (secondary N) is 2. The molecule has 2 aromatic rings. The zero-order chi connectivity index (χ0) is 16.9. The van der Waals surface area contributed by atoms with Gasteiger partial charge in [-0.2, -0.15) is 5.10 Å². The highest BCUT2D eigenvalue weighted by atomic mass is 16.2. The van der Waals surface area contributed by atoms with Gasteiger partial charge in [0.1, 0.15) is 5.82 Å². The van der Waals surface area contributed by atoms with Crippen LogP contribution in [0.4, 0.5) is 0 Å². The van der Waals surface area contributed by atoms with Crippen molar-refractivity contribution < 1.29 is 4.79 Å². The van der Waals surface area contributed by atoms with Crippen LogP contribution in [0.25, 0.3) is 11.4 Å². The number of nitrogens with zero attached hydrogens (tertiary/aromatic N) is 3. The smallest absolute Gasteiger partial charge is 0.253 e. The minimum atomic E-state index is 0.125. The first-order valence-electron chi connectivity index (χ1n) is 8.60. The van der Waals surface area contributed by atoms with Gasteiger partial charge in [0.05, 0.1) is 0 Å². The Hall–Kier alpha value is -2.21. The van der Waals surface area contributed by atoms with Crippen molar-refractivity contribution in [2.75, 3.05) is 26.7 Å². The van der Waals surface area contributed by atoms with Crippen molar-refractivity contribution in [2.24, 2.45) is 5.92 Å². The normalized spacial score (nSPS) is 15.7. The molecule has 0 unspecified atom stereocenters. The van der Waals surface area contributed by atoms with Crippen molar-refractivity contribution in [2.45, 2.75) is 26.2 Å². The lowest BCUT2D eigenvalue weighted by atomic mass is 9.93. The van der Waals surface area contributed by atoms with Crippen LogP contribution < -0.4 is 5.32 Å². The zero-order valence-corrected chi connectivity index (χ0v) is 14.4. The largest absolute Gasteiger partial charge is 0.339 e. The molecule has 2 N–H and O–H groups in total. The number of aryl methyl sites for hydroxylation is 1. The van der Waals surface area contributed by atoms with Crippen LogP contribution in [-0.2, 0) is 0 Å². The number of carbonyl (C=O) groups excluding carboxylic acids is 1. The number of benzene rings is 1. The van der Waals surface area contributed by atoms with Gasteiger partial charge in [0.25, 0.3) is 5.91 Å². The summed E-state index contributed by atoms with van der Waals surface area (Å²) in [5.41, 5.74) is 1.65. The molecule has 3 rings (SSSR count). The second-order valence-electron chi connectivity index (χ2n) is 6.45. The van der Waals surface area contributed by atoms with Gasteiger partial charge in [-0.3, -0.25) is 9.89 Å². The van der Waals surface area contributed by atoms with Crippen molar-refractivity contribution in [3.8, 4) is 11.4 Å². The molecule has 0 saturated carbocycles. The first kappa shape index (κ1) is 16.6. The number of piperidine rings is 1. The highest BCUT2D eigenvalue weighted by Gasteiger charge is 2.23. The van der Waals surface area contributed by atoms with E-state index in [1.54, 1.807) is 0 Å². The molecular formula is C18H25N5O. The summed E-state index contributed by atoms with van der Waals surface area (Å²) in [6.07, 6.45) is 3.40. The number of likely N-dealkylation sites (tertiary alicyclic amines) is 1. The van der Waals surface area contributed by atoms with Crippen LogP contribution >= 0.6 is 0 Å². The topological polar surface area (TPSA) is 73.9 Å². The Morgan fingerprint density at radius 2 is 2.00 bits per heavy atom. The third-order valence-corrected chi connectivity index (χ3v) is 4.69. The lowest BCUT2D eigenvalue weighted by molar-refractivity contribution is 0.0687. The molecular weight excluding hydrogens is 302 g/mol. The third kappa shape index (κ3) is 3.82. The molecule has 0 radical (unpaired) electrons. The summed E-state index contributed by atoms with van der Waals surface area (Å²) in [5, 5.41) is 10.2. The van der Waals surface area contributed by atoms with E-state index in [4.69, 9.17) is 0 Å². The monoisotopic (exact) mass is 327 g/mol. The molecule has 6 heteroatoms. The second-order valence-corrected chi connectivity index (χ2v) is 6.45. The summed E-state index contributed by atoms with van der Waals surface area (Å²) in [5.74, 6) is 2.31. The third-order valence-electron chi connectivity index (χ3n) is 4.69. The van der Waals surface area contributed by atoms with Gasteiger partial charge in [0, 0.05) is 24.2 Å². The second kappa shape index (κ2) is 7.57. The van der Waals surface area contributed by atoms with Crippen molar-refractivity contribution in [3.05, 3.63) is 35.7 Å². The van der Waals surface area contributed by atoms with Gasteiger partial charge in [0.15, 0.2) is 5.82 Å². The van der Waals surface area contributed by atoms with Crippen LogP contribution in [0, 0.1) is 12.8 Å². The maximum Gasteiger partial charge on any atom is 0.253 e. The molecule has 1 saturated heterocycles. The van der Waals surface area contributed by atoms with E-state index >= 15 is 0 Å². The summed E-state index contributed by atoms with van der Waals surface area (Å²) >= 11 is 0. The van der Waals surface area contributed by atoms with Crippen molar-refractivity contribution in [3.63, 3.8) is 0 Å². The predicted molar refractivity (Wildman–Crippen MR) is 93.7 cm³/mol.